The summed E-state index contributed by atoms with van der Waals surface area (Å²) in [5.41, 5.74) is 6.29. The molecule has 0 atom stereocenters. The number of amides is 1. The lowest BCUT2D eigenvalue weighted by Gasteiger charge is -2.40. The average Bonchev–Trinajstić information content (AvgIpc) is 2.85. The maximum absolute atomic E-state index is 13.2. The Labute approximate surface area is 185 Å². The molecular formula is C28H30N2O. The number of carbonyl (C=O) groups excluding carboxylic acids is 1. The lowest BCUT2D eigenvalue weighted by atomic mass is 9.90. The third-order valence-electron chi connectivity index (χ3n) is 6.79. The monoisotopic (exact) mass is 410 g/mol. The highest BCUT2D eigenvalue weighted by atomic mass is 16.2. The molecule has 0 unspecified atom stereocenters. The van der Waals surface area contributed by atoms with Gasteiger partial charge in [-0.1, -0.05) is 66.7 Å². The Morgan fingerprint density at radius 2 is 1.26 bits per heavy atom. The van der Waals surface area contributed by atoms with Crippen LogP contribution in [0.3, 0.4) is 0 Å². The van der Waals surface area contributed by atoms with Crippen LogP contribution in [-0.2, 0) is 12.8 Å². The van der Waals surface area contributed by atoms with Crippen LogP contribution in [-0.4, -0.2) is 41.9 Å². The van der Waals surface area contributed by atoms with E-state index in [0.717, 1.165) is 44.6 Å². The van der Waals surface area contributed by atoms with Crippen molar-refractivity contribution in [2.24, 2.45) is 0 Å². The Morgan fingerprint density at radius 3 is 1.87 bits per heavy atom. The van der Waals surface area contributed by atoms with Gasteiger partial charge in [0.2, 0.25) is 0 Å². The van der Waals surface area contributed by atoms with E-state index in [1.165, 1.54) is 35.1 Å². The molecule has 0 radical (unpaired) electrons. The van der Waals surface area contributed by atoms with Gasteiger partial charge >= 0.3 is 0 Å². The zero-order valence-electron chi connectivity index (χ0n) is 18.0. The van der Waals surface area contributed by atoms with E-state index < -0.39 is 0 Å². The number of piperazine rings is 1. The van der Waals surface area contributed by atoms with Crippen molar-refractivity contribution >= 4 is 5.91 Å². The summed E-state index contributed by atoms with van der Waals surface area (Å²) >= 11 is 0. The second-order valence-corrected chi connectivity index (χ2v) is 8.74. The van der Waals surface area contributed by atoms with Crippen molar-refractivity contribution < 1.29 is 4.79 Å². The molecule has 31 heavy (non-hydrogen) atoms. The summed E-state index contributed by atoms with van der Waals surface area (Å²) < 4.78 is 0. The minimum absolute atomic E-state index is 0.184. The van der Waals surface area contributed by atoms with Crippen LogP contribution in [0, 0.1) is 0 Å². The molecule has 0 aromatic heterocycles. The first kappa shape index (κ1) is 20.0. The Balaban J connectivity index is 1.31. The van der Waals surface area contributed by atoms with Gasteiger partial charge in [0.25, 0.3) is 5.91 Å². The third-order valence-corrected chi connectivity index (χ3v) is 6.79. The van der Waals surface area contributed by atoms with E-state index in [1.54, 1.807) is 0 Å². The van der Waals surface area contributed by atoms with Gasteiger partial charge in [0.15, 0.2) is 0 Å². The first-order valence-electron chi connectivity index (χ1n) is 11.5. The van der Waals surface area contributed by atoms with Gasteiger partial charge in [-0.3, -0.25) is 9.69 Å². The Kier molecular flexibility index (Phi) is 5.86. The quantitative estimate of drug-likeness (QED) is 0.596. The molecule has 0 saturated carbocycles. The number of aryl methyl sites for hydroxylation is 2. The summed E-state index contributed by atoms with van der Waals surface area (Å²) in [6.07, 6.45) is 4.78. The second kappa shape index (κ2) is 9.07. The highest BCUT2D eigenvalue weighted by Gasteiger charge is 2.28. The normalized spacial score (nSPS) is 16.9. The molecule has 1 fully saturated rings. The van der Waals surface area contributed by atoms with E-state index >= 15 is 0 Å². The minimum atomic E-state index is 0.184. The van der Waals surface area contributed by atoms with Crippen molar-refractivity contribution in [3.63, 3.8) is 0 Å². The molecule has 1 saturated heterocycles. The SMILES string of the molecule is O=C(c1ccc2c(c1)CCCC2)N1CCN(C(c2ccccc2)c2ccccc2)CC1. The molecule has 0 spiro atoms. The van der Waals surface area contributed by atoms with Crippen molar-refractivity contribution in [2.45, 2.75) is 31.7 Å². The van der Waals surface area contributed by atoms with Crippen LogP contribution < -0.4 is 0 Å². The van der Waals surface area contributed by atoms with Gasteiger partial charge in [-0.05, 0) is 60.1 Å². The molecule has 5 rings (SSSR count). The highest BCUT2D eigenvalue weighted by molar-refractivity contribution is 5.94. The predicted octanol–water partition coefficient (Wildman–Crippen LogP) is 5.11. The van der Waals surface area contributed by atoms with Crippen molar-refractivity contribution in [1.29, 1.82) is 0 Å². The third kappa shape index (κ3) is 4.28. The Hall–Kier alpha value is -2.91. The second-order valence-electron chi connectivity index (χ2n) is 8.74. The summed E-state index contributed by atoms with van der Waals surface area (Å²) in [7, 11) is 0. The van der Waals surface area contributed by atoms with Crippen LogP contribution >= 0.6 is 0 Å². The van der Waals surface area contributed by atoms with Crippen LogP contribution in [0.2, 0.25) is 0 Å². The Morgan fingerprint density at radius 1 is 0.677 bits per heavy atom. The zero-order chi connectivity index (χ0) is 21.0. The topological polar surface area (TPSA) is 23.6 Å². The van der Waals surface area contributed by atoms with Crippen LogP contribution in [0.15, 0.2) is 78.9 Å². The molecule has 3 aromatic carbocycles. The van der Waals surface area contributed by atoms with E-state index in [9.17, 15) is 4.79 Å². The molecule has 0 bridgehead atoms. The fraction of sp³-hybridized carbons (Fsp3) is 0.321. The smallest absolute Gasteiger partial charge is 0.253 e. The number of benzene rings is 3. The molecule has 3 heteroatoms. The van der Waals surface area contributed by atoms with Crippen LogP contribution in [0.5, 0.6) is 0 Å². The number of rotatable bonds is 4. The number of hydrogen-bond donors (Lipinski definition) is 0. The summed E-state index contributed by atoms with van der Waals surface area (Å²) in [5.74, 6) is 0.184. The van der Waals surface area contributed by atoms with Crippen molar-refractivity contribution in [3.05, 3.63) is 107 Å². The average molecular weight is 411 g/mol. The lowest BCUT2D eigenvalue weighted by Crippen LogP contribution is -2.49. The summed E-state index contributed by atoms with van der Waals surface area (Å²) in [5, 5.41) is 0. The first-order chi connectivity index (χ1) is 15.3. The summed E-state index contributed by atoms with van der Waals surface area (Å²) in [6, 6.07) is 28.0. The molecule has 1 heterocycles. The molecule has 1 aliphatic carbocycles. The maximum atomic E-state index is 13.2. The van der Waals surface area contributed by atoms with Gasteiger partial charge in [0.1, 0.15) is 0 Å². The molecule has 2 aliphatic rings. The van der Waals surface area contributed by atoms with E-state index in [-0.39, 0.29) is 11.9 Å². The van der Waals surface area contributed by atoms with Crippen LogP contribution in [0.25, 0.3) is 0 Å². The largest absolute Gasteiger partial charge is 0.336 e. The van der Waals surface area contributed by atoms with Crippen molar-refractivity contribution in [2.75, 3.05) is 26.2 Å². The zero-order valence-corrected chi connectivity index (χ0v) is 18.0. The van der Waals surface area contributed by atoms with E-state index in [4.69, 9.17) is 0 Å². The molecule has 1 aliphatic heterocycles. The minimum Gasteiger partial charge on any atom is -0.336 e. The molecular weight excluding hydrogens is 380 g/mol. The number of hydrogen-bond acceptors (Lipinski definition) is 2. The van der Waals surface area contributed by atoms with Crippen molar-refractivity contribution in [1.82, 2.24) is 9.80 Å². The van der Waals surface area contributed by atoms with E-state index in [0.29, 0.717) is 0 Å². The number of nitrogens with zero attached hydrogens (tertiary/aromatic N) is 2. The van der Waals surface area contributed by atoms with Gasteiger partial charge in [0, 0.05) is 31.7 Å². The van der Waals surface area contributed by atoms with Gasteiger partial charge in [-0.25, -0.2) is 0 Å². The molecule has 1 amide bonds. The van der Waals surface area contributed by atoms with Crippen LogP contribution in [0.4, 0.5) is 0 Å². The molecule has 0 N–H and O–H groups in total. The molecule has 3 nitrogen and oxygen atoms in total. The number of fused-ring (bicyclic) bond motifs is 1. The van der Waals surface area contributed by atoms with E-state index in [1.807, 2.05) is 11.0 Å². The lowest BCUT2D eigenvalue weighted by molar-refractivity contribution is 0.0597. The Bertz CT molecular complexity index is 984. The number of carbonyl (C=O) groups is 1. The highest BCUT2D eigenvalue weighted by Crippen LogP contribution is 2.30. The van der Waals surface area contributed by atoms with Gasteiger partial charge in [-0.2, -0.15) is 0 Å². The fourth-order valence-corrected chi connectivity index (χ4v) is 5.12. The van der Waals surface area contributed by atoms with Gasteiger partial charge < -0.3 is 4.90 Å². The van der Waals surface area contributed by atoms with E-state index in [2.05, 4.69) is 77.7 Å². The summed E-state index contributed by atoms with van der Waals surface area (Å²) in [6.45, 7) is 3.30. The predicted molar refractivity (Wildman–Crippen MR) is 125 cm³/mol. The van der Waals surface area contributed by atoms with Crippen molar-refractivity contribution in [3.8, 4) is 0 Å². The standard InChI is InChI=1S/C28H30N2O/c31-28(26-16-15-22-9-7-8-14-25(22)21-26)30-19-17-29(18-20-30)27(23-10-3-1-4-11-23)24-12-5-2-6-13-24/h1-6,10-13,15-16,21,27H,7-9,14,17-20H2. The summed E-state index contributed by atoms with van der Waals surface area (Å²) in [4.78, 5) is 17.8. The first-order valence-corrected chi connectivity index (χ1v) is 11.5. The van der Waals surface area contributed by atoms with Gasteiger partial charge in [-0.15, -0.1) is 0 Å². The molecule has 158 valence electrons. The fourth-order valence-electron chi connectivity index (χ4n) is 5.12. The maximum Gasteiger partial charge on any atom is 0.253 e. The molecule has 3 aromatic rings. The van der Waals surface area contributed by atoms with Crippen LogP contribution in [0.1, 0.15) is 51.5 Å². The van der Waals surface area contributed by atoms with Gasteiger partial charge in [0.05, 0.1) is 6.04 Å².